The molecule has 0 fully saturated rings. The molecule has 4 aromatic heterocycles. The molecule has 0 spiro atoms. The van der Waals surface area contributed by atoms with Crippen LogP contribution in [0.4, 0.5) is 0 Å². The molecule has 8 heteroatoms. The Labute approximate surface area is 169 Å². The molecule has 0 radical (unpaired) electrons. The topological polar surface area (TPSA) is 95.6 Å². The van der Waals surface area contributed by atoms with Crippen molar-refractivity contribution in [3.63, 3.8) is 0 Å². The van der Waals surface area contributed by atoms with E-state index < -0.39 is 0 Å². The van der Waals surface area contributed by atoms with Crippen molar-refractivity contribution in [1.82, 2.24) is 15.0 Å². The Hall–Kier alpha value is -2.89. The molecule has 0 aliphatic rings. The number of nitrogens with one attached hydrogen (secondary N) is 1. The highest BCUT2D eigenvalue weighted by Gasteiger charge is 2.16. The summed E-state index contributed by atoms with van der Waals surface area (Å²) in [4.78, 5) is 25.3. The zero-order valence-corrected chi connectivity index (χ0v) is 17.1. The van der Waals surface area contributed by atoms with Gasteiger partial charge < -0.3 is 9.40 Å². The van der Waals surface area contributed by atoms with Gasteiger partial charge >= 0.3 is 0 Å². The number of aromatic nitrogens is 3. The van der Waals surface area contributed by atoms with Crippen LogP contribution in [-0.2, 0) is 5.75 Å². The lowest BCUT2D eigenvalue weighted by Gasteiger charge is -2.10. The molecule has 0 aliphatic carbocycles. The van der Waals surface area contributed by atoms with Crippen molar-refractivity contribution >= 4 is 33.3 Å². The van der Waals surface area contributed by atoms with Gasteiger partial charge in [-0.05, 0) is 44.0 Å². The number of pyridine rings is 1. The fraction of sp³-hybridized carbons (Fsp3) is 0.200. The quantitative estimate of drug-likeness (QED) is 0.491. The van der Waals surface area contributed by atoms with Gasteiger partial charge in [0.1, 0.15) is 27.5 Å². The van der Waals surface area contributed by atoms with Crippen LogP contribution in [0.1, 0.15) is 28.2 Å². The van der Waals surface area contributed by atoms with Crippen LogP contribution in [0.15, 0.2) is 38.0 Å². The summed E-state index contributed by atoms with van der Waals surface area (Å²) >= 11 is 2.81. The summed E-state index contributed by atoms with van der Waals surface area (Å²) in [5.41, 5.74) is 3.99. The predicted octanol–water partition coefficient (Wildman–Crippen LogP) is 4.73. The molecule has 0 unspecified atom stereocenters. The minimum Gasteiger partial charge on any atom is -0.464 e. The average Bonchev–Trinajstić information content (AvgIpc) is 3.34. The molecule has 4 aromatic rings. The number of nitrogens with zero attached hydrogens (tertiary/aromatic N) is 3. The van der Waals surface area contributed by atoms with Crippen molar-refractivity contribution in [2.45, 2.75) is 31.6 Å². The van der Waals surface area contributed by atoms with Crippen LogP contribution in [0.2, 0.25) is 0 Å². The molecule has 1 N–H and O–H groups in total. The van der Waals surface area contributed by atoms with Crippen LogP contribution in [0, 0.1) is 32.1 Å². The van der Waals surface area contributed by atoms with Gasteiger partial charge in [-0.2, -0.15) is 5.26 Å². The Balaban J connectivity index is 1.67. The van der Waals surface area contributed by atoms with Crippen molar-refractivity contribution in [3.8, 4) is 17.4 Å². The number of furan rings is 1. The highest BCUT2D eigenvalue weighted by molar-refractivity contribution is 7.98. The molecule has 0 aliphatic heterocycles. The van der Waals surface area contributed by atoms with E-state index in [0.717, 1.165) is 22.4 Å². The first kappa shape index (κ1) is 18.5. The van der Waals surface area contributed by atoms with Crippen molar-refractivity contribution in [2.75, 3.05) is 0 Å². The monoisotopic (exact) mass is 408 g/mol. The van der Waals surface area contributed by atoms with Crippen molar-refractivity contribution in [2.24, 2.45) is 0 Å². The summed E-state index contributed by atoms with van der Waals surface area (Å²) in [6.45, 7) is 5.83. The van der Waals surface area contributed by atoms with Gasteiger partial charge in [0.05, 0.1) is 23.0 Å². The smallest absolute Gasteiger partial charge is 0.260 e. The van der Waals surface area contributed by atoms with E-state index in [2.05, 4.69) is 21.0 Å². The molecular formula is C20H16N4O2S2. The Morgan fingerprint density at radius 3 is 2.82 bits per heavy atom. The molecule has 28 heavy (non-hydrogen) atoms. The lowest BCUT2D eigenvalue weighted by atomic mass is 10.1. The molecule has 6 nitrogen and oxygen atoms in total. The van der Waals surface area contributed by atoms with Crippen molar-refractivity contribution < 1.29 is 4.42 Å². The molecule has 4 rings (SSSR count). The fourth-order valence-corrected chi connectivity index (χ4v) is 4.86. The number of nitriles is 1. The van der Waals surface area contributed by atoms with Gasteiger partial charge in [-0.1, -0.05) is 11.8 Å². The van der Waals surface area contributed by atoms with Crippen LogP contribution >= 0.6 is 23.1 Å². The van der Waals surface area contributed by atoms with Gasteiger partial charge in [0.25, 0.3) is 5.56 Å². The largest absolute Gasteiger partial charge is 0.464 e. The van der Waals surface area contributed by atoms with Crippen LogP contribution in [-0.4, -0.2) is 15.0 Å². The van der Waals surface area contributed by atoms with Crippen LogP contribution in [0.5, 0.6) is 0 Å². The standard InChI is InChI=1S/C20H16N4O2S2/c1-10-11(2)13(7-21)19(22-12(10)3)28-9-16-23-18(25)17-14(8-27-20(17)24-16)15-5-4-6-26-15/h4-6,8H,9H2,1-3H3,(H,23,24,25). The number of thiophene rings is 1. The normalized spacial score (nSPS) is 11.1. The van der Waals surface area contributed by atoms with Crippen LogP contribution < -0.4 is 5.56 Å². The second kappa shape index (κ2) is 7.26. The first-order valence-electron chi connectivity index (χ1n) is 8.54. The zero-order chi connectivity index (χ0) is 19.8. The highest BCUT2D eigenvalue weighted by atomic mass is 32.2. The van der Waals surface area contributed by atoms with Gasteiger partial charge in [-0.25, -0.2) is 9.97 Å². The highest BCUT2D eigenvalue weighted by Crippen LogP contribution is 2.32. The second-order valence-corrected chi connectivity index (χ2v) is 8.17. The maximum absolute atomic E-state index is 12.7. The second-order valence-electron chi connectivity index (χ2n) is 6.35. The molecule has 0 aromatic carbocycles. The SMILES string of the molecule is Cc1nc(SCc2nc3scc(-c4ccco4)c3c(=O)[nH]2)c(C#N)c(C)c1C. The van der Waals surface area contributed by atoms with E-state index in [1.165, 1.54) is 23.1 Å². The van der Waals surface area contributed by atoms with Gasteiger partial charge in [-0.15, -0.1) is 11.3 Å². The van der Waals surface area contributed by atoms with Crippen molar-refractivity contribution in [3.05, 3.63) is 62.3 Å². The Morgan fingerprint density at radius 2 is 2.11 bits per heavy atom. The third kappa shape index (κ3) is 3.13. The minimum atomic E-state index is -0.196. The Morgan fingerprint density at radius 1 is 1.29 bits per heavy atom. The molecule has 4 heterocycles. The van der Waals surface area contributed by atoms with Gasteiger partial charge in [-0.3, -0.25) is 4.79 Å². The summed E-state index contributed by atoms with van der Waals surface area (Å²) in [5, 5.41) is 12.6. The van der Waals surface area contributed by atoms with E-state index in [9.17, 15) is 10.1 Å². The molecule has 0 bridgehead atoms. The minimum absolute atomic E-state index is 0.196. The summed E-state index contributed by atoms with van der Waals surface area (Å²) < 4.78 is 5.42. The summed E-state index contributed by atoms with van der Waals surface area (Å²) in [6.07, 6.45) is 1.58. The first-order valence-corrected chi connectivity index (χ1v) is 10.4. The molecule has 140 valence electrons. The van der Waals surface area contributed by atoms with Gasteiger partial charge in [0.2, 0.25) is 0 Å². The zero-order valence-electron chi connectivity index (χ0n) is 15.5. The van der Waals surface area contributed by atoms with E-state index in [1.807, 2.05) is 32.2 Å². The lowest BCUT2D eigenvalue weighted by molar-refractivity contribution is 0.583. The van der Waals surface area contributed by atoms with Crippen LogP contribution in [0.3, 0.4) is 0 Å². The van der Waals surface area contributed by atoms with Crippen LogP contribution in [0.25, 0.3) is 21.5 Å². The van der Waals surface area contributed by atoms with Gasteiger partial charge in [0.15, 0.2) is 0 Å². The molecule has 0 atom stereocenters. The van der Waals surface area contributed by atoms with Crippen molar-refractivity contribution in [1.29, 1.82) is 5.26 Å². The number of H-pyrrole nitrogens is 1. The fourth-order valence-electron chi connectivity index (χ4n) is 2.96. The van der Waals surface area contributed by atoms with Gasteiger partial charge in [0, 0.05) is 16.6 Å². The number of hydrogen-bond acceptors (Lipinski definition) is 7. The maximum Gasteiger partial charge on any atom is 0.260 e. The number of aromatic amines is 1. The molecule has 0 saturated heterocycles. The number of aryl methyl sites for hydroxylation is 1. The summed E-state index contributed by atoms with van der Waals surface area (Å²) in [6, 6.07) is 5.85. The average molecular weight is 409 g/mol. The first-order chi connectivity index (χ1) is 13.5. The lowest BCUT2D eigenvalue weighted by Crippen LogP contribution is -2.11. The number of thioether (sulfide) groups is 1. The van der Waals surface area contributed by atoms with E-state index in [-0.39, 0.29) is 5.56 Å². The predicted molar refractivity (Wildman–Crippen MR) is 111 cm³/mol. The van der Waals surface area contributed by atoms with E-state index in [0.29, 0.717) is 38.1 Å². The maximum atomic E-state index is 12.7. The third-order valence-electron chi connectivity index (χ3n) is 4.70. The molecular weight excluding hydrogens is 392 g/mol. The Kier molecular flexibility index (Phi) is 4.79. The summed E-state index contributed by atoms with van der Waals surface area (Å²) in [5.74, 6) is 1.62. The molecule has 0 saturated carbocycles. The summed E-state index contributed by atoms with van der Waals surface area (Å²) in [7, 11) is 0. The third-order valence-corrected chi connectivity index (χ3v) is 6.56. The number of hydrogen-bond donors (Lipinski definition) is 1. The van der Waals surface area contributed by atoms with E-state index >= 15 is 0 Å². The van der Waals surface area contributed by atoms with E-state index in [4.69, 9.17) is 4.42 Å². The van der Waals surface area contributed by atoms with E-state index in [1.54, 1.807) is 12.3 Å². The Bertz CT molecular complexity index is 1280. The number of fused-ring (bicyclic) bond motifs is 1. The number of rotatable bonds is 4. The molecule has 0 amide bonds.